The third-order valence-electron chi connectivity index (χ3n) is 5.66. The molecule has 3 N–H and O–H groups in total. The van der Waals surface area contributed by atoms with E-state index in [1.807, 2.05) is 43.3 Å². The Morgan fingerprint density at radius 1 is 1.15 bits per heavy atom. The second-order valence-electron chi connectivity index (χ2n) is 8.76. The summed E-state index contributed by atoms with van der Waals surface area (Å²) in [6, 6.07) is 13.0. The average molecular weight is 547 g/mol. The van der Waals surface area contributed by atoms with Crippen LogP contribution in [0, 0.1) is 12.8 Å². The summed E-state index contributed by atoms with van der Waals surface area (Å²) in [5.41, 5.74) is 2.86. The van der Waals surface area contributed by atoms with Crippen molar-refractivity contribution in [3.63, 3.8) is 0 Å². The first-order valence-corrected chi connectivity index (χ1v) is 12.4. The Hall–Kier alpha value is -2.64. The first-order valence-electron chi connectivity index (χ1n) is 11.3. The van der Waals surface area contributed by atoms with Crippen LogP contribution < -0.4 is 10.6 Å². The summed E-state index contributed by atoms with van der Waals surface area (Å²) >= 11 is 9.88. The first kappa shape index (κ1) is 26.0. The molecule has 1 heterocycles. The van der Waals surface area contributed by atoms with E-state index in [4.69, 9.17) is 16.6 Å². The second-order valence-corrected chi connectivity index (χ2v) is 10.1. The summed E-state index contributed by atoms with van der Waals surface area (Å²) in [5, 5.41) is 16.9. The molecule has 1 atom stereocenters. The summed E-state index contributed by atoms with van der Waals surface area (Å²) in [6.07, 6.45) is 0.349. The molecule has 34 heavy (non-hydrogen) atoms. The number of anilines is 1. The maximum atomic E-state index is 13.5. The molecule has 3 aromatic rings. The van der Waals surface area contributed by atoms with Crippen LogP contribution in [-0.2, 0) is 4.79 Å². The van der Waals surface area contributed by atoms with E-state index in [2.05, 4.69) is 40.4 Å². The number of hydrogen-bond donors (Lipinski definition) is 3. The van der Waals surface area contributed by atoms with Crippen LogP contribution in [0.1, 0.15) is 54.1 Å². The van der Waals surface area contributed by atoms with Crippen LogP contribution in [-0.4, -0.2) is 35.1 Å². The Bertz CT molecular complexity index is 1200. The zero-order valence-corrected chi connectivity index (χ0v) is 21.8. The molecule has 0 aliphatic heterocycles. The van der Waals surface area contributed by atoms with E-state index in [0.717, 1.165) is 33.0 Å². The molecule has 8 heteroatoms. The summed E-state index contributed by atoms with van der Waals surface area (Å²) < 4.78 is 0.855. The average Bonchev–Trinajstić information content (AvgIpc) is 2.78. The van der Waals surface area contributed by atoms with Gasteiger partial charge in [0.25, 0.3) is 5.91 Å². The number of carbonyl (C=O) groups excluding carboxylic acids is 1. The molecule has 180 valence electrons. The standard InChI is InChI=1S/C26H29BrClN3O3/c1-15(2)13-29-25-16(3)24(20-12-18(27)9-10-22(20)31-25)26(34)30-14-17(8-11-23(32)33)19-6-4-5-7-21(19)28/h4-7,9-10,12,15,17H,8,11,13-14H2,1-3H3,(H,29,31)(H,30,34)(H,32,33). The van der Waals surface area contributed by atoms with E-state index in [-0.39, 0.29) is 24.8 Å². The molecular formula is C26H29BrClN3O3. The number of nitrogens with one attached hydrogen (secondary N) is 2. The van der Waals surface area contributed by atoms with Crippen LogP contribution in [0.15, 0.2) is 46.9 Å². The zero-order chi connectivity index (χ0) is 24.8. The minimum absolute atomic E-state index is 0.0147. The molecule has 0 bridgehead atoms. The van der Waals surface area contributed by atoms with Crippen molar-refractivity contribution < 1.29 is 14.7 Å². The zero-order valence-electron chi connectivity index (χ0n) is 19.5. The predicted molar refractivity (Wildman–Crippen MR) is 141 cm³/mol. The van der Waals surface area contributed by atoms with E-state index in [1.54, 1.807) is 6.07 Å². The Kier molecular flexibility index (Phi) is 8.91. The van der Waals surface area contributed by atoms with Gasteiger partial charge in [-0.1, -0.05) is 59.6 Å². The van der Waals surface area contributed by atoms with Gasteiger partial charge in [-0.05, 0) is 49.1 Å². The highest BCUT2D eigenvalue weighted by molar-refractivity contribution is 9.10. The number of amides is 1. The Labute approximate surface area is 213 Å². The number of nitrogens with zero attached hydrogens (tertiary/aromatic N) is 1. The van der Waals surface area contributed by atoms with Crippen molar-refractivity contribution >= 4 is 56.1 Å². The van der Waals surface area contributed by atoms with Gasteiger partial charge in [-0.25, -0.2) is 4.98 Å². The van der Waals surface area contributed by atoms with Crippen molar-refractivity contribution in [2.45, 2.75) is 39.5 Å². The molecule has 3 rings (SSSR count). The van der Waals surface area contributed by atoms with Crippen molar-refractivity contribution in [1.82, 2.24) is 10.3 Å². The number of carboxylic acid groups (broad SMARTS) is 1. The number of aromatic nitrogens is 1. The van der Waals surface area contributed by atoms with Crippen LogP contribution in [0.25, 0.3) is 10.9 Å². The molecule has 1 amide bonds. The highest BCUT2D eigenvalue weighted by Gasteiger charge is 2.21. The van der Waals surface area contributed by atoms with Gasteiger partial charge in [0, 0.05) is 45.9 Å². The first-order chi connectivity index (χ1) is 16.2. The fourth-order valence-electron chi connectivity index (χ4n) is 3.87. The lowest BCUT2D eigenvalue weighted by atomic mass is 9.93. The molecule has 1 unspecified atom stereocenters. The van der Waals surface area contributed by atoms with Crippen LogP contribution in [0.2, 0.25) is 5.02 Å². The number of rotatable bonds is 10. The lowest BCUT2D eigenvalue weighted by molar-refractivity contribution is -0.137. The Morgan fingerprint density at radius 2 is 1.88 bits per heavy atom. The van der Waals surface area contributed by atoms with Gasteiger partial charge in [0.2, 0.25) is 0 Å². The lowest BCUT2D eigenvalue weighted by Crippen LogP contribution is -2.30. The molecule has 0 radical (unpaired) electrons. The molecule has 0 aliphatic rings. The van der Waals surface area contributed by atoms with Gasteiger partial charge in [-0.15, -0.1) is 0 Å². The number of carboxylic acids is 1. The van der Waals surface area contributed by atoms with E-state index in [1.165, 1.54) is 0 Å². The molecule has 2 aromatic carbocycles. The van der Waals surface area contributed by atoms with Gasteiger partial charge in [0.1, 0.15) is 5.82 Å². The number of hydrogen-bond acceptors (Lipinski definition) is 4. The summed E-state index contributed by atoms with van der Waals surface area (Å²) in [5.74, 6) is -0.243. The van der Waals surface area contributed by atoms with Gasteiger partial charge in [-0.3, -0.25) is 9.59 Å². The van der Waals surface area contributed by atoms with Crippen molar-refractivity contribution in [3.05, 3.63) is 68.7 Å². The number of pyridine rings is 1. The highest BCUT2D eigenvalue weighted by atomic mass is 79.9. The van der Waals surface area contributed by atoms with Crippen molar-refractivity contribution in [1.29, 1.82) is 0 Å². The monoisotopic (exact) mass is 545 g/mol. The van der Waals surface area contributed by atoms with Gasteiger partial charge in [-0.2, -0.15) is 0 Å². The SMILES string of the molecule is Cc1c(NCC(C)C)nc2ccc(Br)cc2c1C(=O)NCC(CCC(=O)O)c1ccccc1Cl. The molecular weight excluding hydrogens is 518 g/mol. The maximum Gasteiger partial charge on any atom is 0.303 e. The van der Waals surface area contributed by atoms with Crippen molar-refractivity contribution in [2.75, 3.05) is 18.4 Å². The van der Waals surface area contributed by atoms with E-state index in [0.29, 0.717) is 28.7 Å². The minimum atomic E-state index is -0.884. The van der Waals surface area contributed by atoms with E-state index in [9.17, 15) is 14.7 Å². The fourth-order valence-corrected chi connectivity index (χ4v) is 4.52. The van der Waals surface area contributed by atoms with Crippen molar-refractivity contribution in [2.24, 2.45) is 5.92 Å². The van der Waals surface area contributed by atoms with Crippen LogP contribution >= 0.6 is 27.5 Å². The number of halogens is 2. The Morgan fingerprint density at radius 3 is 2.56 bits per heavy atom. The number of carbonyl (C=O) groups is 2. The molecule has 0 spiro atoms. The third kappa shape index (κ3) is 6.48. The van der Waals surface area contributed by atoms with Crippen molar-refractivity contribution in [3.8, 4) is 0 Å². The molecule has 0 saturated carbocycles. The van der Waals surface area contributed by atoms with Gasteiger partial charge in [0.05, 0.1) is 11.1 Å². The highest BCUT2D eigenvalue weighted by Crippen LogP contribution is 2.30. The third-order valence-corrected chi connectivity index (χ3v) is 6.49. The maximum absolute atomic E-state index is 13.5. The van der Waals surface area contributed by atoms with Gasteiger partial charge >= 0.3 is 5.97 Å². The topological polar surface area (TPSA) is 91.3 Å². The largest absolute Gasteiger partial charge is 0.481 e. The minimum Gasteiger partial charge on any atom is -0.481 e. The number of aliphatic carboxylic acids is 1. The molecule has 0 aliphatic carbocycles. The molecule has 0 fully saturated rings. The smallest absolute Gasteiger partial charge is 0.303 e. The van der Waals surface area contributed by atoms with Crippen LogP contribution in [0.3, 0.4) is 0 Å². The number of fused-ring (bicyclic) bond motifs is 1. The second kappa shape index (κ2) is 11.7. The quantitative estimate of drug-likeness (QED) is 0.273. The summed E-state index contributed by atoms with van der Waals surface area (Å²) in [7, 11) is 0. The molecule has 0 saturated heterocycles. The Balaban J connectivity index is 1.94. The summed E-state index contributed by atoms with van der Waals surface area (Å²) in [4.78, 5) is 29.5. The van der Waals surface area contributed by atoms with Crippen LogP contribution in [0.5, 0.6) is 0 Å². The predicted octanol–water partition coefficient (Wildman–Crippen LogP) is 6.41. The number of benzene rings is 2. The van der Waals surface area contributed by atoms with Gasteiger partial charge in [0.15, 0.2) is 0 Å². The summed E-state index contributed by atoms with van der Waals surface area (Å²) in [6.45, 7) is 7.11. The van der Waals surface area contributed by atoms with E-state index >= 15 is 0 Å². The fraction of sp³-hybridized carbons (Fsp3) is 0.346. The van der Waals surface area contributed by atoms with E-state index < -0.39 is 5.97 Å². The molecule has 1 aromatic heterocycles. The normalized spacial score (nSPS) is 12.1. The molecule has 6 nitrogen and oxygen atoms in total. The lowest BCUT2D eigenvalue weighted by Gasteiger charge is -2.20. The van der Waals surface area contributed by atoms with Gasteiger partial charge < -0.3 is 15.7 Å². The van der Waals surface area contributed by atoms with Crippen LogP contribution in [0.4, 0.5) is 5.82 Å².